The van der Waals surface area contributed by atoms with Crippen molar-refractivity contribution in [1.29, 1.82) is 0 Å². The lowest BCUT2D eigenvalue weighted by molar-refractivity contribution is -0.392. The molecule has 1 heterocycles. The van der Waals surface area contributed by atoms with Gasteiger partial charge in [-0.15, -0.1) is 4.68 Å². The van der Waals surface area contributed by atoms with Gasteiger partial charge in [0, 0.05) is 13.6 Å². The van der Waals surface area contributed by atoms with Crippen molar-refractivity contribution in [2.45, 2.75) is 26.9 Å². The number of rotatable bonds is 5. The third-order valence-electron chi connectivity index (χ3n) is 3.58. The van der Waals surface area contributed by atoms with E-state index in [4.69, 9.17) is 0 Å². The van der Waals surface area contributed by atoms with E-state index in [1.165, 1.54) is 28.3 Å². The standard InChI is InChI=1S/C15H18N4O3/c1-11-4-5-13(8-12(11)2)9-17(3)15(20)10-18-14(19(21)22)6-7-16-18/h4-8H,9-10H2,1-3H3. The fraction of sp³-hybridized carbons (Fsp3) is 0.333. The monoisotopic (exact) mass is 302 g/mol. The van der Waals surface area contributed by atoms with Gasteiger partial charge < -0.3 is 15.0 Å². The molecule has 116 valence electrons. The Bertz CT molecular complexity index is 709. The first-order valence-electron chi connectivity index (χ1n) is 6.85. The van der Waals surface area contributed by atoms with E-state index in [0.717, 1.165) is 10.2 Å². The van der Waals surface area contributed by atoms with Crippen LogP contribution in [0.2, 0.25) is 0 Å². The molecule has 22 heavy (non-hydrogen) atoms. The Balaban J connectivity index is 2.04. The van der Waals surface area contributed by atoms with Gasteiger partial charge in [-0.2, -0.15) is 0 Å². The zero-order chi connectivity index (χ0) is 16.3. The fourth-order valence-electron chi connectivity index (χ4n) is 2.12. The van der Waals surface area contributed by atoms with E-state index in [2.05, 4.69) is 5.10 Å². The number of aromatic nitrogens is 2. The maximum Gasteiger partial charge on any atom is 0.345 e. The van der Waals surface area contributed by atoms with Gasteiger partial charge >= 0.3 is 5.82 Å². The predicted molar refractivity (Wildman–Crippen MR) is 81.3 cm³/mol. The molecule has 1 aromatic heterocycles. The maximum absolute atomic E-state index is 12.2. The molecule has 0 aliphatic rings. The fourth-order valence-corrected chi connectivity index (χ4v) is 2.12. The van der Waals surface area contributed by atoms with Crippen molar-refractivity contribution in [1.82, 2.24) is 14.7 Å². The summed E-state index contributed by atoms with van der Waals surface area (Å²) in [5.74, 6) is -0.419. The molecule has 7 nitrogen and oxygen atoms in total. The zero-order valence-electron chi connectivity index (χ0n) is 12.8. The predicted octanol–water partition coefficient (Wildman–Crippen LogP) is 2.07. The van der Waals surface area contributed by atoms with Gasteiger partial charge in [-0.1, -0.05) is 23.3 Å². The van der Waals surface area contributed by atoms with Crippen LogP contribution in [0, 0.1) is 24.0 Å². The number of carbonyl (C=O) groups is 1. The highest BCUT2D eigenvalue weighted by Gasteiger charge is 2.19. The number of nitrogens with zero attached hydrogens (tertiary/aromatic N) is 4. The van der Waals surface area contributed by atoms with Crippen molar-refractivity contribution in [3.63, 3.8) is 0 Å². The van der Waals surface area contributed by atoms with E-state index < -0.39 is 4.92 Å². The van der Waals surface area contributed by atoms with Crippen LogP contribution >= 0.6 is 0 Å². The second-order valence-electron chi connectivity index (χ2n) is 5.27. The van der Waals surface area contributed by atoms with Crippen LogP contribution in [0.1, 0.15) is 16.7 Å². The van der Waals surface area contributed by atoms with Crippen LogP contribution in [0.3, 0.4) is 0 Å². The normalized spacial score (nSPS) is 10.5. The van der Waals surface area contributed by atoms with Crippen molar-refractivity contribution in [3.05, 3.63) is 57.3 Å². The minimum atomic E-state index is -0.552. The van der Waals surface area contributed by atoms with Crippen LogP contribution < -0.4 is 0 Å². The van der Waals surface area contributed by atoms with Gasteiger partial charge in [-0.3, -0.25) is 4.79 Å². The Labute approximate surface area is 128 Å². The lowest BCUT2D eigenvalue weighted by Crippen LogP contribution is -2.30. The molecule has 1 aromatic carbocycles. The molecule has 1 amide bonds. The van der Waals surface area contributed by atoms with Crippen LogP contribution in [0.5, 0.6) is 0 Å². The first-order chi connectivity index (χ1) is 10.4. The number of hydrogen-bond acceptors (Lipinski definition) is 4. The minimum absolute atomic E-state index is 0.148. The summed E-state index contributed by atoms with van der Waals surface area (Å²) in [5.41, 5.74) is 3.39. The molecule has 2 rings (SSSR count). The zero-order valence-corrected chi connectivity index (χ0v) is 12.8. The Morgan fingerprint density at radius 3 is 2.68 bits per heavy atom. The van der Waals surface area contributed by atoms with E-state index in [-0.39, 0.29) is 18.3 Å². The molecule has 0 unspecified atom stereocenters. The highest BCUT2D eigenvalue weighted by molar-refractivity contribution is 5.75. The van der Waals surface area contributed by atoms with Gasteiger partial charge in [-0.25, -0.2) is 0 Å². The number of aryl methyl sites for hydroxylation is 2. The second kappa shape index (κ2) is 6.38. The topological polar surface area (TPSA) is 81.3 Å². The summed E-state index contributed by atoms with van der Waals surface area (Å²) >= 11 is 0. The first-order valence-corrected chi connectivity index (χ1v) is 6.85. The molecule has 0 saturated carbocycles. The molecule has 0 fully saturated rings. The highest BCUT2D eigenvalue weighted by atomic mass is 16.6. The summed E-state index contributed by atoms with van der Waals surface area (Å²) < 4.78 is 1.10. The molecule has 0 spiro atoms. The molecule has 0 bridgehead atoms. The molecule has 0 saturated heterocycles. The third-order valence-corrected chi connectivity index (χ3v) is 3.58. The second-order valence-corrected chi connectivity index (χ2v) is 5.27. The number of hydrogen-bond donors (Lipinski definition) is 0. The van der Waals surface area contributed by atoms with Crippen LogP contribution in [-0.4, -0.2) is 32.6 Å². The van der Waals surface area contributed by atoms with Gasteiger partial charge in [0.25, 0.3) is 5.91 Å². The number of benzene rings is 1. The smallest absolute Gasteiger partial charge is 0.345 e. The van der Waals surface area contributed by atoms with E-state index >= 15 is 0 Å². The summed E-state index contributed by atoms with van der Waals surface area (Å²) in [7, 11) is 1.67. The molecule has 0 aliphatic heterocycles. The number of carbonyl (C=O) groups excluding carboxylic acids is 1. The van der Waals surface area contributed by atoms with E-state index in [1.807, 2.05) is 32.0 Å². The van der Waals surface area contributed by atoms with Crippen LogP contribution in [0.4, 0.5) is 5.82 Å². The van der Waals surface area contributed by atoms with Crippen molar-refractivity contribution in [3.8, 4) is 0 Å². The summed E-state index contributed by atoms with van der Waals surface area (Å²) in [6.07, 6.45) is 1.31. The lowest BCUT2D eigenvalue weighted by Gasteiger charge is -2.17. The summed E-state index contributed by atoms with van der Waals surface area (Å²) in [4.78, 5) is 24.0. The van der Waals surface area contributed by atoms with Gasteiger partial charge in [-0.05, 0) is 35.5 Å². The average molecular weight is 302 g/mol. The molecule has 2 aromatic rings. The third kappa shape index (κ3) is 3.49. The number of likely N-dealkylation sites (N-methyl/N-ethyl adjacent to an activating group) is 1. The molecule has 0 atom stereocenters. The van der Waals surface area contributed by atoms with Crippen molar-refractivity contribution < 1.29 is 9.72 Å². The van der Waals surface area contributed by atoms with Crippen molar-refractivity contribution >= 4 is 11.7 Å². The highest BCUT2D eigenvalue weighted by Crippen LogP contribution is 2.13. The summed E-state index contributed by atoms with van der Waals surface area (Å²) in [6.45, 7) is 4.36. The molecule has 0 N–H and O–H groups in total. The Morgan fingerprint density at radius 1 is 1.32 bits per heavy atom. The number of amides is 1. The van der Waals surface area contributed by atoms with E-state index in [1.54, 1.807) is 7.05 Å². The molecule has 0 radical (unpaired) electrons. The van der Waals surface area contributed by atoms with Crippen LogP contribution in [-0.2, 0) is 17.9 Å². The minimum Gasteiger partial charge on any atom is -0.358 e. The maximum atomic E-state index is 12.2. The summed E-state index contributed by atoms with van der Waals surface area (Å²) in [5, 5.41) is 14.6. The molecule has 7 heteroatoms. The van der Waals surface area contributed by atoms with Gasteiger partial charge in [0.2, 0.25) is 0 Å². The van der Waals surface area contributed by atoms with E-state index in [0.29, 0.717) is 6.54 Å². The Kier molecular flexibility index (Phi) is 4.55. The largest absolute Gasteiger partial charge is 0.358 e. The Hall–Kier alpha value is -2.70. The lowest BCUT2D eigenvalue weighted by atomic mass is 10.1. The van der Waals surface area contributed by atoms with Crippen molar-refractivity contribution in [2.24, 2.45) is 0 Å². The first kappa shape index (κ1) is 15.7. The van der Waals surface area contributed by atoms with Gasteiger partial charge in [0.15, 0.2) is 6.54 Å². The van der Waals surface area contributed by atoms with Crippen molar-refractivity contribution in [2.75, 3.05) is 7.05 Å². The molecular weight excluding hydrogens is 284 g/mol. The van der Waals surface area contributed by atoms with Crippen LogP contribution in [0.25, 0.3) is 0 Å². The number of nitro groups is 1. The quantitative estimate of drug-likeness (QED) is 0.625. The summed E-state index contributed by atoms with van der Waals surface area (Å²) in [6, 6.07) is 7.30. The van der Waals surface area contributed by atoms with Gasteiger partial charge in [0.1, 0.15) is 0 Å². The average Bonchev–Trinajstić information content (AvgIpc) is 2.91. The van der Waals surface area contributed by atoms with E-state index in [9.17, 15) is 14.9 Å². The molecular formula is C15H18N4O3. The van der Waals surface area contributed by atoms with Gasteiger partial charge in [0.05, 0.1) is 12.3 Å². The Morgan fingerprint density at radius 2 is 2.05 bits per heavy atom. The van der Waals surface area contributed by atoms with Crippen LogP contribution in [0.15, 0.2) is 30.5 Å². The molecule has 0 aliphatic carbocycles. The SMILES string of the molecule is Cc1ccc(CN(C)C(=O)Cn2nccc2[N+](=O)[O-])cc1C.